The normalized spacial score (nSPS) is 18.0. The quantitative estimate of drug-likeness (QED) is 0.759. The SMILES string of the molecule is C#CCN(C)C(=O)[C@H]1Cc2ccccc2CN1. The van der Waals surface area contributed by atoms with E-state index >= 15 is 0 Å². The lowest BCUT2D eigenvalue weighted by molar-refractivity contribution is -0.131. The molecule has 0 aliphatic carbocycles. The zero-order valence-electron chi connectivity index (χ0n) is 9.94. The molecule has 1 aromatic carbocycles. The van der Waals surface area contributed by atoms with Gasteiger partial charge in [0.2, 0.25) is 5.91 Å². The predicted molar refractivity (Wildman–Crippen MR) is 67.2 cm³/mol. The molecule has 1 amide bonds. The average molecular weight is 228 g/mol. The van der Waals surface area contributed by atoms with E-state index < -0.39 is 0 Å². The third kappa shape index (κ3) is 2.48. The highest BCUT2D eigenvalue weighted by Gasteiger charge is 2.25. The van der Waals surface area contributed by atoms with E-state index in [1.165, 1.54) is 11.1 Å². The summed E-state index contributed by atoms with van der Waals surface area (Å²) in [6.07, 6.45) is 5.95. The summed E-state index contributed by atoms with van der Waals surface area (Å²) in [5.41, 5.74) is 2.52. The highest BCUT2D eigenvalue weighted by molar-refractivity contribution is 5.82. The fourth-order valence-corrected chi connectivity index (χ4v) is 2.11. The maximum atomic E-state index is 12.1. The van der Waals surface area contributed by atoms with Crippen molar-refractivity contribution in [1.29, 1.82) is 0 Å². The van der Waals surface area contributed by atoms with Crippen LogP contribution in [0.1, 0.15) is 11.1 Å². The molecule has 0 saturated carbocycles. The molecular formula is C14H16N2O. The molecule has 0 aromatic heterocycles. The molecule has 1 N–H and O–H groups in total. The largest absolute Gasteiger partial charge is 0.333 e. The Balaban J connectivity index is 2.08. The van der Waals surface area contributed by atoms with Crippen LogP contribution in [0.3, 0.4) is 0 Å². The van der Waals surface area contributed by atoms with Crippen LogP contribution in [0.2, 0.25) is 0 Å². The Morgan fingerprint density at radius 1 is 1.53 bits per heavy atom. The van der Waals surface area contributed by atoms with Gasteiger partial charge in [-0.15, -0.1) is 6.42 Å². The second kappa shape index (κ2) is 5.03. The first-order chi connectivity index (χ1) is 8.22. The minimum atomic E-state index is -0.150. The van der Waals surface area contributed by atoms with Gasteiger partial charge in [-0.2, -0.15) is 0 Å². The number of terminal acetylenes is 1. The first-order valence-corrected chi connectivity index (χ1v) is 5.71. The van der Waals surface area contributed by atoms with E-state index in [9.17, 15) is 4.79 Å². The number of amides is 1. The summed E-state index contributed by atoms with van der Waals surface area (Å²) in [6.45, 7) is 1.11. The van der Waals surface area contributed by atoms with Gasteiger partial charge in [0.15, 0.2) is 0 Å². The van der Waals surface area contributed by atoms with Crippen LogP contribution in [-0.2, 0) is 17.8 Å². The number of rotatable bonds is 2. The summed E-state index contributed by atoms with van der Waals surface area (Å²) in [4.78, 5) is 13.7. The van der Waals surface area contributed by atoms with Crippen molar-refractivity contribution >= 4 is 5.91 Å². The molecule has 3 nitrogen and oxygen atoms in total. The smallest absolute Gasteiger partial charge is 0.240 e. The number of carbonyl (C=O) groups excluding carboxylic acids is 1. The van der Waals surface area contributed by atoms with Gasteiger partial charge in [0, 0.05) is 13.6 Å². The summed E-state index contributed by atoms with van der Waals surface area (Å²) >= 11 is 0. The first-order valence-electron chi connectivity index (χ1n) is 5.71. The van der Waals surface area contributed by atoms with Crippen molar-refractivity contribution in [2.24, 2.45) is 0 Å². The molecule has 1 atom stereocenters. The molecule has 17 heavy (non-hydrogen) atoms. The summed E-state index contributed by atoms with van der Waals surface area (Å²) in [6, 6.07) is 8.05. The van der Waals surface area contributed by atoms with Crippen LogP contribution in [0.5, 0.6) is 0 Å². The van der Waals surface area contributed by atoms with E-state index in [-0.39, 0.29) is 11.9 Å². The van der Waals surface area contributed by atoms with E-state index in [0.29, 0.717) is 6.54 Å². The molecular weight excluding hydrogens is 212 g/mol. The van der Waals surface area contributed by atoms with Crippen LogP contribution in [0, 0.1) is 12.3 Å². The zero-order valence-corrected chi connectivity index (χ0v) is 9.94. The van der Waals surface area contributed by atoms with Crippen LogP contribution in [0.15, 0.2) is 24.3 Å². The second-order valence-corrected chi connectivity index (χ2v) is 4.30. The van der Waals surface area contributed by atoms with Crippen LogP contribution in [-0.4, -0.2) is 30.4 Å². The topological polar surface area (TPSA) is 32.3 Å². The lowest BCUT2D eigenvalue weighted by Gasteiger charge is -2.28. The van der Waals surface area contributed by atoms with Crippen molar-refractivity contribution in [2.45, 2.75) is 19.0 Å². The maximum Gasteiger partial charge on any atom is 0.240 e. The lowest BCUT2D eigenvalue weighted by atomic mass is 9.95. The van der Waals surface area contributed by atoms with E-state index in [4.69, 9.17) is 6.42 Å². The molecule has 2 rings (SSSR count). The fourth-order valence-electron chi connectivity index (χ4n) is 2.11. The standard InChI is InChI=1S/C14H16N2O/c1-3-8-16(2)14(17)13-9-11-6-4-5-7-12(11)10-15-13/h1,4-7,13,15H,8-10H2,2H3/t13-/m1/s1. The van der Waals surface area contributed by atoms with Gasteiger partial charge in [-0.3, -0.25) is 4.79 Å². The van der Waals surface area contributed by atoms with Crippen molar-refractivity contribution < 1.29 is 4.79 Å². The molecule has 0 radical (unpaired) electrons. The molecule has 88 valence electrons. The van der Waals surface area contributed by atoms with E-state index in [1.54, 1.807) is 11.9 Å². The summed E-state index contributed by atoms with van der Waals surface area (Å²) < 4.78 is 0. The molecule has 3 heteroatoms. The van der Waals surface area contributed by atoms with Gasteiger partial charge in [0.25, 0.3) is 0 Å². The zero-order chi connectivity index (χ0) is 12.3. The Hall–Kier alpha value is -1.79. The number of fused-ring (bicyclic) bond motifs is 1. The molecule has 1 aliphatic rings. The highest BCUT2D eigenvalue weighted by atomic mass is 16.2. The number of nitrogens with zero attached hydrogens (tertiary/aromatic N) is 1. The Bertz CT molecular complexity index is 462. The van der Waals surface area contributed by atoms with Gasteiger partial charge in [-0.1, -0.05) is 30.2 Å². The van der Waals surface area contributed by atoms with Gasteiger partial charge < -0.3 is 10.2 Å². The molecule has 1 heterocycles. The van der Waals surface area contributed by atoms with Crippen molar-refractivity contribution in [3.05, 3.63) is 35.4 Å². The van der Waals surface area contributed by atoms with Gasteiger partial charge in [-0.25, -0.2) is 0 Å². The molecule has 1 aliphatic heterocycles. The highest BCUT2D eigenvalue weighted by Crippen LogP contribution is 2.16. The number of nitrogens with one attached hydrogen (secondary N) is 1. The number of carbonyl (C=O) groups is 1. The van der Waals surface area contributed by atoms with Crippen LogP contribution < -0.4 is 5.32 Å². The minimum Gasteiger partial charge on any atom is -0.333 e. The van der Waals surface area contributed by atoms with Gasteiger partial charge in [0.05, 0.1) is 12.6 Å². The fraction of sp³-hybridized carbons (Fsp3) is 0.357. The Morgan fingerprint density at radius 3 is 2.94 bits per heavy atom. The van der Waals surface area contributed by atoms with Crippen molar-refractivity contribution in [3.8, 4) is 12.3 Å². The summed E-state index contributed by atoms with van der Waals surface area (Å²) in [7, 11) is 1.74. The third-order valence-electron chi connectivity index (χ3n) is 3.08. The van der Waals surface area contributed by atoms with Crippen molar-refractivity contribution in [2.75, 3.05) is 13.6 Å². The number of likely N-dealkylation sites (N-methyl/N-ethyl adjacent to an activating group) is 1. The molecule has 0 saturated heterocycles. The van der Waals surface area contributed by atoms with E-state index in [1.807, 2.05) is 12.1 Å². The van der Waals surface area contributed by atoms with Gasteiger partial charge in [-0.05, 0) is 17.5 Å². The molecule has 0 unspecified atom stereocenters. The maximum absolute atomic E-state index is 12.1. The Morgan fingerprint density at radius 2 is 2.24 bits per heavy atom. The number of hydrogen-bond donors (Lipinski definition) is 1. The van der Waals surface area contributed by atoms with Crippen LogP contribution >= 0.6 is 0 Å². The third-order valence-corrected chi connectivity index (χ3v) is 3.08. The van der Waals surface area contributed by atoms with Crippen molar-refractivity contribution in [3.63, 3.8) is 0 Å². The average Bonchev–Trinajstić information content (AvgIpc) is 2.37. The van der Waals surface area contributed by atoms with E-state index in [0.717, 1.165) is 13.0 Å². The Kier molecular flexibility index (Phi) is 3.46. The molecule has 0 spiro atoms. The Labute approximate surface area is 102 Å². The molecule has 1 aromatic rings. The monoisotopic (exact) mass is 228 g/mol. The first kappa shape index (κ1) is 11.7. The summed E-state index contributed by atoms with van der Waals surface area (Å²) in [5, 5.41) is 3.25. The van der Waals surface area contributed by atoms with Crippen LogP contribution in [0.25, 0.3) is 0 Å². The van der Waals surface area contributed by atoms with E-state index in [2.05, 4.69) is 23.4 Å². The van der Waals surface area contributed by atoms with Gasteiger partial charge >= 0.3 is 0 Å². The second-order valence-electron chi connectivity index (χ2n) is 4.30. The lowest BCUT2D eigenvalue weighted by Crippen LogP contribution is -2.48. The molecule has 0 bridgehead atoms. The van der Waals surface area contributed by atoms with Crippen LogP contribution in [0.4, 0.5) is 0 Å². The molecule has 0 fully saturated rings. The summed E-state index contributed by atoms with van der Waals surface area (Å²) in [5.74, 6) is 2.55. The number of benzene rings is 1. The van der Waals surface area contributed by atoms with Crippen molar-refractivity contribution in [1.82, 2.24) is 10.2 Å². The minimum absolute atomic E-state index is 0.0671. The predicted octanol–water partition coefficient (Wildman–Crippen LogP) is 0.792. The van der Waals surface area contributed by atoms with Gasteiger partial charge in [0.1, 0.15) is 0 Å². The number of hydrogen-bond acceptors (Lipinski definition) is 2.